The van der Waals surface area contributed by atoms with Gasteiger partial charge >= 0.3 is 5.69 Å². The van der Waals surface area contributed by atoms with Crippen molar-refractivity contribution in [1.82, 2.24) is 23.1 Å². The zero-order valence-electron chi connectivity index (χ0n) is 15.9. The van der Waals surface area contributed by atoms with E-state index >= 15 is 0 Å². The van der Waals surface area contributed by atoms with Crippen LogP contribution in [0.5, 0.6) is 0 Å². The van der Waals surface area contributed by atoms with Crippen molar-refractivity contribution in [2.24, 2.45) is 7.05 Å². The average Bonchev–Trinajstić information content (AvgIpc) is 3.14. The Labute approximate surface area is 158 Å². The highest BCUT2D eigenvalue weighted by molar-refractivity contribution is 5.79. The normalized spacial score (nSPS) is 11.6. The largest absolute Gasteiger partial charge is 0.332 e. The summed E-state index contributed by atoms with van der Waals surface area (Å²) in [6.45, 7) is 4.73. The molecule has 3 aromatic heterocycles. The Morgan fingerprint density at radius 3 is 2.36 bits per heavy atom. The van der Waals surface area contributed by atoms with Crippen molar-refractivity contribution in [3.8, 4) is 5.69 Å². The van der Waals surface area contributed by atoms with Gasteiger partial charge in [-0.15, -0.1) is 0 Å². The molecule has 0 amide bonds. The maximum Gasteiger partial charge on any atom is 0.332 e. The van der Waals surface area contributed by atoms with Crippen LogP contribution >= 0.6 is 0 Å². The van der Waals surface area contributed by atoms with Crippen molar-refractivity contribution in [2.45, 2.75) is 27.3 Å². The topological polar surface area (TPSA) is 83.3 Å². The molecule has 1 aromatic carbocycles. The van der Waals surface area contributed by atoms with Gasteiger partial charge in [-0.05, 0) is 45.0 Å². The van der Waals surface area contributed by atoms with Crippen molar-refractivity contribution in [2.75, 3.05) is 0 Å². The van der Waals surface area contributed by atoms with Crippen LogP contribution in [-0.4, -0.2) is 28.9 Å². The molecule has 9 heteroatoms. The van der Waals surface area contributed by atoms with Gasteiger partial charge in [0.15, 0.2) is 11.2 Å². The smallest absolute Gasteiger partial charge is 0.298 e. The summed E-state index contributed by atoms with van der Waals surface area (Å²) in [4.78, 5) is 41.7. The molecule has 4 aromatic rings. The molecule has 4 rings (SSSR count). The lowest BCUT2D eigenvalue weighted by Crippen LogP contribution is -2.40. The highest BCUT2D eigenvalue weighted by Crippen LogP contribution is 2.24. The third-order valence-electron chi connectivity index (χ3n) is 4.98. The van der Waals surface area contributed by atoms with Gasteiger partial charge in [0.2, 0.25) is 5.78 Å². The van der Waals surface area contributed by atoms with Gasteiger partial charge in [-0.25, -0.2) is 9.18 Å². The van der Waals surface area contributed by atoms with Crippen LogP contribution in [0, 0.1) is 19.7 Å². The minimum Gasteiger partial charge on any atom is -0.298 e. The molecule has 0 aliphatic heterocycles. The van der Waals surface area contributed by atoms with E-state index in [9.17, 15) is 18.8 Å². The average molecular weight is 383 g/mol. The summed E-state index contributed by atoms with van der Waals surface area (Å²) in [6.07, 6.45) is 0. The lowest BCUT2D eigenvalue weighted by molar-refractivity contribution is -0.117. The highest BCUT2D eigenvalue weighted by atomic mass is 19.1. The number of rotatable bonds is 3. The molecule has 0 aliphatic rings. The van der Waals surface area contributed by atoms with Crippen LogP contribution < -0.4 is 11.2 Å². The summed E-state index contributed by atoms with van der Waals surface area (Å²) in [5.74, 6) is -0.218. The summed E-state index contributed by atoms with van der Waals surface area (Å²) < 4.78 is 19.0. The Kier molecular flexibility index (Phi) is 3.84. The molecule has 0 unspecified atom stereocenters. The minimum atomic E-state index is -0.601. The van der Waals surface area contributed by atoms with Gasteiger partial charge < -0.3 is 0 Å². The van der Waals surface area contributed by atoms with E-state index in [1.165, 1.54) is 30.7 Å². The minimum absolute atomic E-state index is 0.222. The van der Waals surface area contributed by atoms with Crippen molar-refractivity contribution in [1.29, 1.82) is 0 Å². The molecule has 0 N–H and O–H groups in total. The number of imidazole rings is 2. The Morgan fingerprint density at radius 1 is 1.11 bits per heavy atom. The fourth-order valence-electron chi connectivity index (χ4n) is 3.51. The van der Waals surface area contributed by atoms with Crippen LogP contribution in [0.3, 0.4) is 0 Å². The number of aryl methyl sites for hydroxylation is 2. The molecule has 8 nitrogen and oxygen atoms in total. The summed E-state index contributed by atoms with van der Waals surface area (Å²) in [5, 5.41) is 0. The third-order valence-corrected chi connectivity index (χ3v) is 4.98. The van der Waals surface area contributed by atoms with Crippen LogP contribution in [-0.2, 0) is 18.4 Å². The van der Waals surface area contributed by atoms with Gasteiger partial charge in [0.1, 0.15) is 11.6 Å². The van der Waals surface area contributed by atoms with Crippen molar-refractivity contribution in [3.05, 3.63) is 62.3 Å². The number of benzene rings is 1. The maximum absolute atomic E-state index is 13.3. The Balaban J connectivity index is 2.18. The molecular formula is C19H18FN5O3. The lowest BCUT2D eigenvalue weighted by atomic mass is 10.3. The Bertz CT molecular complexity index is 1390. The van der Waals surface area contributed by atoms with E-state index in [-0.39, 0.29) is 29.3 Å². The molecule has 0 saturated carbocycles. The van der Waals surface area contributed by atoms with E-state index in [4.69, 9.17) is 0 Å². The second kappa shape index (κ2) is 6.01. The van der Waals surface area contributed by atoms with E-state index in [1.807, 2.05) is 13.8 Å². The van der Waals surface area contributed by atoms with Gasteiger partial charge in [0, 0.05) is 24.1 Å². The number of hydrogen-bond acceptors (Lipinski definition) is 4. The number of halogens is 1. The quantitative estimate of drug-likeness (QED) is 0.537. The predicted octanol–water partition coefficient (Wildman–Crippen LogP) is 1.48. The van der Waals surface area contributed by atoms with Gasteiger partial charge in [-0.1, -0.05) is 0 Å². The first kappa shape index (κ1) is 17.9. The molecule has 0 spiro atoms. The monoisotopic (exact) mass is 383 g/mol. The summed E-state index contributed by atoms with van der Waals surface area (Å²) in [7, 11) is 1.51. The van der Waals surface area contributed by atoms with Crippen molar-refractivity contribution in [3.63, 3.8) is 0 Å². The molecular weight excluding hydrogens is 365 g/mol. The van der Waals surface area contributed by atoms with E-state index in [0.717, 1.165) is 16.0 Å². The van der Waals surface area contributed by atoms with Crippen LogP contribution in [0.25, 0.3) is 22.6 Å². The molecule has 0 atom stereocenters. The molecule has 0 saturated heterocycles. The van der Waals surface area contributed by atoms with Gasteiger partial charge in [-0.2, -0.15) is 4.98 Å². The molecule has 0 bridgehead atoms. The van der Waals surface area contributed by atoms with E-state index in [2.05, 4.69) is 4.98 Å². The molecule has 0 radical (unpaired) electrons. The second-order valence-electron chi connectivity index (χ2n) is 6.84. The van der Waals surface area contributed by atoms with Gasteiger partial charge in [0.05, 0.1) is 6.54 Å². The molecule has 3 heterocycles. The summed E-state index contributed by atoms with van der Waals surface area (Å²) in [6, 6.07) is 5.93. The first-order valence-electron chi connectivity index (χ1n) is 8.67. The van der Waals surface area contributed by atoms with Crippen molar-refractivity contribution >= 4 is 22.7 Å². The number of Topliss-reactive ketones (excluding diaryl/α,β-unsaturated/α-hetero) is 1. The molecule has 0 fully saturated rings. The zero-order valence-corrected chi connectivity index (χ0v) is 15.9. The van der Waals surface area contributed by atoms with E-state index < -0.39 is 11.2 Å². The summed E-state index contributed by atoms with van der Waals surface area (Å²) in [5.41, 5.74) is 1.54. The Hall–Kier alpha value is -3.49. The number of fused-ring (bicyclic) bond motifs is 3. The maximum atomic E-state index is 13.3. The number of aromatic nitrogens is 5. The second-order valence-corrected chi connectivity index (χ2v) is 6.84. The predicted molar refractivity (Wildman–Crippen MR) is 102 cm³/mol. The van der Waals surface area contributed by atoms with E-state index in [0.29, 0.717) is 11.5 Å². The Morgan fingerprint density at radius 2 is 1.75 bits per heavy atom. The third kappa shape index (κ3) is 2.35. The van der Waals surface area contributed by atoms with Crippen LogP contribution in [0.15, 0.2) is 33.9 Å². The SMILES string of the molecule is CC(=O)Cn1c(=O)c2c(nc3n(-c4ccc(F)cc4)c(C)c(C)n23)n(C)c1=O. The number of hydrogen-bond donors (Lipinski definition) is 0. The van der Waals surface area contributed by atoms with Gasteiger partial charge in [0.25, 0.3) is 5.56 Å². The fraction of sp³-hybridized carbons (Fsp3) is 0.263. The lowest BCUT2D eigenvalue weighted by Gasteiger charge is -2.07. The first-order valence-corrected chi connectivity index (χ1v) is 8.67. The first-order chi connectivity index (χ1) is 13.2. The standard InChI is InChI=1S/C19H18FN5O3/c1-10(26)9-23-17(27)15-16(22(4)19(23)28)21-18-24(11(2)12(3)25(15)18)14-7-5-13(20)6-8-14/h5-8H,9H2,1-4H3. The van der Waals surface area contributed by atoms with Crippen LogP contribution in [0.1, 0.15) is 18.3 Å². The number of nitrogens with zero attached hydrogens (tertiary/aromatic N) is 5. The number of carbonyl (C=O) groups is 1. The van der Waals surface area contributed by atoms with Crippen LogP contribution in [0.4, 0.5) is 4.39 Å². The van der Waals surface area contributed by atoms with Crippen LogP contribution in [0.2, 0.25) is 0 Å². The number of ketones is 1. The van der Waals surface area contributed by atoms with E-state index in [1.54, 1.807) is 21.1 Å². The molecule has 0 aliphatic carbocycles. The number of carbonyl (C=O) groups excluding carboxylic acids is 1. The van der Waals surface area contributed by atoms with Gasteiger partial charge in [-0.3, -0.25) is 27.7 Å². The zero-order chi connectivity index (χ0) is 20.3. The van der Waals surface area contributed by atoms with Crippen molar-refractivity contribution < 1.29 is 9.18 Å². The molecule has 28 heavy (non-hydrogen) atoms. The summed E-state index contributed by atoms with van der Waals surface area (Å²) >= 11 is 0. The highest BCUT2D eigenvalue weighted by Gasteiger charge is 2.23. The fourth-order valence-corrected chi connectivity index (χ4v) is 3.51. The molecule has 144 valence electrons.